The van der Waals surface area contributed by atoms with Gasteiger partial charge in [-0.25, -0.2) is 0 Å². The van der Waals surface area contributed by atoms with Crippen LogP contribution in [0.15, 0.2) is 14.9 Å². The number of thioether (sulfide) groups is 1. The van der Waals surface area contributed by atoms with Gasteiger partial charge in [-0.3, -0.25) is 4.79 Å². The number of amides is 1. The molecular formula is C10H13N5O2S2. The van der Waals surface area contributed by atoms with Crippen molar-refractivity contribution >= 4 is 40.0 Å². The number of aryl methyl sites for hydroxylation is 1. The fraction of sp³-hybridized carbons (Fsp3) is 0.400. The molecule has 0 saturated heterocycles. The highest BCUT2D eigenvalue weighted by Crippen LogP contribution is 2.25. The molecule has 2 rings (SSSR count). The summed E-state index contributed by atoms with van der Waals surface area (Å²) in [4.78, 5) is 11.7. The van der Waals surface area contributed by atoms with E-state index >= 15 is 0 Å². The number of nitrogens with one attached hydrogen (secondary N) is 2. The Morgan fingerprint density at radius 3 is 3.05 bits per heavy atom. The molecule has 19 heavy (non-hydrogen) atoms. The predicted molar refractivity (Wildman–Crippen MR) is 74.7 cm³/mol. The first kappa shape index (κ1) is 13.8. The highest BCUT2D eigenvalue weighted by molar-refractivity contribution is 8.01. The van der Waals surface area contributed by atoms with Crippen LogP contribution in [0, 0.1) is 6.92 Å². The molecule has 2 aromatic heterocycles. The number of anilines is 2. The Bertz CT molecular complexity index is 554. The largest absolute Gasteiger partial charge is 0.360 e. The number of hydrogen-bond donors (Lipinski definition) is 2. The summed E-state index contributed by atoms with van der Waals surface area (Å²) in [5.41, 5.74) is 0. The zero-order valence-electron chi connectivity index (χ0n) is 10.5. The zero-order chi connectivity index (χ0) is 13.7. The van der Waals surface area contributed by atoms with Gasteiger partial charge < -0.3 is 15.2 Å². The van der Waals surface area contributed by atoms with Crippen LogP contribution in [0.1, 0.15) is 12.7 Å². The number of carbonyl (C=O) groups excluding carboxylic acids is 1. The van der Waals surface area contributed by atoms with Gasteiger partial charge in [0.25, 0.3) is 0 Å². The predicted octanol–water partition coefficient (Wildman–Crippen LogP) is 2.00. The molecule has 0 spiro atoms. The second-order valence-corrected chi connectivity index (χ2v) is 5.76. The van der Waals surface area contributed by atoms with Crippen LogP contribution >= 0.6 is 23.1 Å². The molecule has 1 amide bonds. The summed E-state index contributed by atoms with van der Waals surface area (Å²) in [6.45, 7) is 4.55. The Morgan fingerprint density at radius 2 is 2.37 bits per heavy atom. The smallest absolute Gasteiger partial charge is 0.236 e. The van der Waals surface area contributed by atoms with Crippen LogP contribution in [-0.4, -0.2) is 33.6 Å². The molecule has 0 bridgehead atoms. The van der Waals surface area contributed by atoms with Crippen molar-refractivity contribution in [3.05, 3.63) is 11.8 Å². The Balaban J connectivity index is 1.79. The van der Waals surface area contributed by atoms with Crippen LogP contribution in [0.4, 0.5) is 10.9 Å². The summed E-state index contributed by atoms with van der Waals surface area (Å²) < 4.78 is 5.61. The topological polar surface area (TPSA) is 92.9 Å². The summed E-state index contributed by atoms with van der Waals surface area (Å²) in [5.74, 6) is 1.18. The molecule has 9 heteroatoms. The van der Waals surface area contributed by atoms with Crippen LogP contribution in [0.3, 0.4) is 0 Å². The number of rotatable bonds is 6. The SMILES string of the molecule is CCNc1nnc(SCC(=O)Nc2cc(C)on2)s1. The maximum absolute atomic E-state index is 11.7. The van der Waals surface area contributed by atoms with E-state index in [-0.39, 0.29) is 11.7 Å². The van der Waals surface area contributed by atoms with Crippen molar-refractivity contribution in [1.82, 2.24) is 15.4 Å². The molecule has 2 N–H and O–H groups in total. The fourth-order valence-corrected chi connectivity index (χ4v) is 2.84. The van der Waals surface area contributed by atoms with E-state index in [0.717, 1.165) is 16.0 Å². The van der Waals surface area contributed by atoms with Gasteiger partial charge in [-0.1, -0.05) is 28.3 Å². The van der Waals surface area contributed by atoms with E-state index < -0.39 is 0 Å². The Kier molecular flexibility index (Phi) is 4.74. The van der Waals surface area contributed by atoms with Crippen molar-refractivity contribution in [2.45, 2.75) is 18.2 Å². The monoisotopic (exact) mass is 299 g/mol. The maximum atomic E-state index is 11.7. The normalized spacial score (nSPS) is 10.4. The summed E-state index contributed by atoms with van der Waals surface area (Å²) in [6, 6.07) is 1.66. The van der Waals surface area contributed by atoms with Crippen LogP contribution < -0.4 is 10.6 Å². The van der Waals surface area contributed by atoms with Crippen LogP contribution in [0.5, 0.6) is 0 Å². The Hall–Kier alpha value is -1.61. The summed E-state index contributed by atoms with van der Waals surface area (Å²) in [5, 5.41) is 18.1. The molecule has 0 saturated carbocycles. The second-order valence-electron chi connectivity index (χ2n) is 3.56. The molecule has 0 aliphatic carbocycles. The highest BCUT2D eigenvalue weighted by Gasteiger charge is 2.09. The molecule has 0 unspecified atom stereocenters. The van der Waals surface area contributed by atoms with Crippen molar-refractivity contribution < 1.29 is 9.32 Å². The van der Waals surface area contributed by atoms with E-state index in [1.807, 2.05) is 6.92 Å². The van der Waals surface area contributed by atoms with Gasteiger partial charge in [0.05, 0.1) is 5.75 Å². The zero-order valence-corrected chi connectivity index (χ0v) is 12.1. The lowest BCUT2D eigenvalue weighted by atomic mass is 10.5. The average Bonchev–Trinajstić information content (AvgIpc) is 2.97. The molecule has 2 aromatic rings. The van der Waals surface area contributed by atoms with Gasteiger partial charge in [0.15, 0.2) is 10.2 Å². The van der Waals surface area contributed by atoms with Crippen LogP contribution in [0.25, 0.3) is 0 Å². The lowest BCUT2D eigenvalue weighted by Crippen LogP contribution is -2.14. The summed E-state index contributed by atoms with van der Waals surface area (Å²) >= 11 is 2.76. The molecule has 0 aliphatic rings. The quantitative estimate of drug-likeness (QED) is 0.788. The number of carbonyl (C=O) groups is 1. The van der Waals surface area contributed by atoms with Crippen molar-refractivity contribution in [3.8, 4) is 0 Å². The minimum absolute atomic E-state index is 0.154. The molecule has 0 radical (unpaired) electrons. The van der Waals surface area contributed by atoms with Gasteiger partial charge in [-0.05, 0) is 13.8 Å². The van der Waals surface area contributed by atoms with Gasteiger partial charge in [0, 0.05) is 12.6 Å². The second kappa shape index (κ2) is 6.53. The van der Waals surface area contributed by atoms with Gasteiger partial charge in [-0.2, -0.15) is 0 Å². The summed E-state index contributed by atoms with van der Waals surface area (Å²) in [7, 11) is 0. The highest BCUT2D eigenvalue weighted by atomic mass is 32.2. The van der Waals surface area contributed by atoms with Gasteiger partial charge in [0.1, 0.15) is 5.76 Å². The molecule has 102 valence electrons. The molecule has 7 nitrogen and oxygen atoms in total. The van der Waals surface area contributed by atoms with E-state index in [1.54, 1.807) is 13.0 Å². The number of nitrogens with zero attached hydrogens (tertiary/aromatic N) is 3. The van der Waals surface area contributed by atoms with Crippen molar-refractivity contribution in [2.24, 2.45) is 0 Å². The lowest BCUT2D eigenvalue weighted by molar-refractivity contribution is -0.113. The standard InChI is InChI=1S/C10H13N5O2S2/c1-3-11-9-13-14-10(19-9)18-5-8(16)12-7-4-6(2)17-15-7/h4H,3,5H2,1-2H3,(H,11,13)(H,12,15,16). The molecule has 2 heterocycles. The van der Waals surface area contributed by atoms with Crippen molar-refractivity contribution in [1.29, 1.82) is 0 Å². The molecule has 0 aliphatic heterocycles. The minimum Gasteiger partial charge on any atom is -0.360 e. The van der Waals surface area contributed by atoms with Crippen molar-refractivity contribution in [2.75, 3.05) is 22.9 Å². The Labute approximate surface area is 118 Å². The molecule has 0 fully saturated rings. The van der Waals surface area contributed by atoms with Gasteiger partial charge in [-0.15, -0.1) is 10.2 Å². The van der Waals surface area contributed by atoms with E-state index in [1.165, 1.54) is 23.1 Å². The van der Waals surface area contributed by atoms with E-state index in [9.17, 15) is 4.79 Å². The van der Waals surface area contributed by atoms with Crippen LogP contribution in [0.2, 0.25) is 0 Å². The Morgan fingerprint density at radius 1 is 1.53 bits per heavy atom. The first-order valence-corrected chi connectivity index (χ1v) is 7.41. The number of hydrogen-bond acceptors (Lipinski definition) is 8. The maximum Gasteiger partial charge on any atom is 0.236 e. The lowest BCUT2D eigenvalue weighted by Gasteiger charge is -1.98. The third-order valence-electron chi connectivity index (χ3n) is 1.96. The third-order valence-corrected chi connectivity index (χ3v) is 3.97. The minimum atomic E-state index is -0.154. The molecule has 0 atom stereocenters. The van der Waals surface area contributed by atoms with Gasteiger partial charge in [0.2, 0.25) is 11.0 Å². The average molecular weight is 299 g/mol. The van der Waals surface area contributed by atoms with E-state index in [2.05, 4.69) is 26.0 Å². The molecule has 0 aromatic carbocycles. The first-order valence-electron chi connectivity index (χ1n) is 5.60. The molecular weight excluding hydrogens is 286 g/mol. The van der Waals surface area contributed by atoms with E-state index in [0.29, 0.717) is 11.6 Å². The van der Waals surface area contributed by atoms with Crippen LogP contribution in [-0.2, 0) is 4.79 Å². The van der Waals surface area contributed by atoms with Gasteiger partial charge >= 0.3 is 0 Å². The number of aromatic nitrogens is 3. The van der Waals surface area contributed by atoms with Crippen molar-refractivity contribution in [3.63, 3.8) is 0 Å². The third kappa shape index (κ3) is 4.21. The fourth-order valence-electron chi connectivity index (χ4n) is 1.22. The first-order chi connectivity index (χ1) is 9.17. The summed E-state index contributed by atoms with van der Waals surface area (Å²) in [6.07, 6.45) is 0. The van der Waals surface area contributed by atoms with E-state index in [4.69, 9.17) is 4.52 Å².